The fraction of sp³-hybridized carbons (Fsp3) is 0. The summed E-state index contributed by atoms with van der Waals surface area (Å²) in [6.07, 6.45) is 0. The molecule has 0 radical (unpaired) electrons. The van der Waals surface area contributed by atoms with Gasteiger partial charge in [0.05, 0.1) is 0 Å². The first-order chi connectivity index (χ1) is 6.00. The second-order valence-corrected chi connectivity index (χ2v) is 4.62. The Morgan fingerprint density at radius 2 is 0.438 bits per heavy atom. The summed E-state index contributed by atoms with van der Waals surface area (Å²) in [5.74, 6) is 0. The molecule has 0 aliphatic rings. The SMILES string of the molecule is O=P(O)(O)O.O=P(O)(O)O.O=P(O)(O)O.[BaH2]. The van der Waals surface area contributed by atoms with Crippen LogP contribution in [0.1, 0.15) is 0 Å². The number of rotatable bonds is 0. The average Bonchev–Trinajstić information content (AvgIpc) is 1.41. The summed E-state index contributed by atoms with van der Waals surface area (Å²) >= 11 is 0. The van der Waals surface area contributed by atoms with Gasteiger partial charge in [-0.3, -0.25) is 0 Å². The van der Waals surface area contributed by atoms with Crippen LogP contribution in [0.15, 0.2) is 0 Å². The van der Waals surface area contributed by atoms with Crippen LogP contribution in [-0.2, 0) is 13.7 Å². The fourth-order valence-electron chi connectivity index (χ4n) is 0. The van der Waals surface area contributed by atoms with Crippen LogP contribution in [0.3, 0.4) is 0 Å². The zero-order chi connectivity index (χ0) is 13.5. The van der Waals surface area contributed by atoms with Crippen LogP contribution in [-0.4, -0.2) is 92.9 Å². The van der Waals surface area contributed by atoms with E-state index in [2.05, 4.69) is 0 Å². The molecule has 0 aromatic heterocycles. The van der Waals surface area contributed by atoms with Crippen LogP contribution in [0, 0.1) is 0 Å². The van der Waals surface area contributed by atoms with Crippen molar-refractivity contribution >= 4 is 72.3 Å². The molecule has 0 atom stereocenters. The topological polar surface area (TPSA) is 233 Å². The van der Waals surface area contributed by atoms with E-state index < -0.39 is 23.5 Å². The van der Waals surface area contributed by atoms with Gasteiger partial charge in [0, 0.05) is 0 Å². The normalized spacial score (nSPS) is 11.1. The Hall–Kier alpha value is 1.90. The van der Waals surface area contributed by atoms with Gasteiger partial charge >= 0.3 is 72.3 Å². The fourth-order valence-corrected chi connectivity index (χ4v) is 0. The quantitative estimate of drug-likeness (QED) is 0.133. The van der Waals surface area contributed by atoms with E-state index in [0.29, 0.717) is 0 Å². The van der Waals surface area contributed by atoms with Gasteiger partial charge in [0.2, 0.25) is 0 Å². The van der Waals surface area contributed by atoms with Crippen LogP contribution in [0.4, 0.5) is 0 Å². The van der Waals surface area contributed by atoms with Crippen LogP contribution in [0.2, 0.25) is 0 Å². The van der Waals surface area contributed by atoms with Crippen molar-refractivity contribution in [2.24, 2.45) is 0 Å². The maximum absolute atomic E-state index is 8.88. The van der Waals surface area contributed by atoms with Gasteiger partial charge < -0.3 is 44.0 Å². The molecule has 0 unspecified atom stereocenters. The summed E-state index contributed by atoms with van der Waals surface area (Å²) in [4.78, 5) is 64.7. The first-order valence-electron chi connectivity index (χ1n) is 2.35. The zero-order valence-corrected chi connectivity index (χ0v) is 9.27. The molecule has 0 bridgehead atoms. The predicted octanol–water partition coefficient (Wildman–Crippen LogP) is -3.70. The summed E-state index contributed by atoms with van der Waals surface area (Å²) in [5, 5.41) is 0. The van der Waals surface area contributed by atoms with E-state index in [1.54, 1.807) is 0 Å². The average molecular weight is 433 g/mol. The van der Waals surface area contributed by atoms with E-state index in [-0.39, 0.29) is 48.9 Å². The van der Waals surface area contributed by atoms with E-state index in [1.165, 1.54) is 0 Å². The van der Waals surface area contributed by atoms with Crippen molar-refractivity contribution in [3.8, 4) is 0 Å². The van der Waals surface area contributed by atoms with Gasteiger partial charge in [-0.15, -0.1) is 0 Å². The second-order valence-electron chi connectivity index (χ2n) is 1.54. The summed E-state index contributed by atoms with van der Waals surface area (Å²) in [6, 6.07) is 0. The Bertz CT molecular complexity index is 202. The van der Waals surface area contributed by atoms with Crippen LogP contribution >= 0.6 is 23.5 Å². The van der Waals surface area contributed by atoms with Gasteiger partial charge in [0.15, 0.2) is 0 Å². The van der Waals surface area contributed by atoms with Gasteiger partial charge in [-0.2, -0.15) is 0 Å². The van der Waals surface area contributed by atoms with Crippen LogP contribution in [0.5, 0.6) is 0 Å². The van der Waals surface area contributed by atoms with E-state index in [4.69, 9.17) is 57.7 Å². The first-order valence-corrected chi connectivity index (χ1v) is 7.04. The van der Waals surface area contributed by atoms with Crippen molar-refractivity contribution in [1.82, 2.24) is 0 Å². The molecule has 9 N–H and O–H groups in total. The molecule has 0 aliphatic carbocycles. The molecule has 0 spiro atoms. The monoisotopic (exact) mass is 434 g/mol. The Morgan fingerprint density at radius 1 is 0.438 bits per heavy atom. The number of hydrogen-bond acceptors (Lipinski definition) is 3. The third kappa shape index (κ3) is 977. The Morgan fingerprint density at radius 3 is 0.438 bits per heavy atom. The predicted molar refractivity (Wildman–Crippen MR) is 51.3 cm³/mol. The molecule has 0 aromatic carbocycles. The molecule has 12 nitrogen and oxygen atoms in total. The summed E-state index contributed by atoms with van der Waals surface area (Å²) < 4.78 is 26.6. The molecule has 0 aliphatic heterocycles. The Kier molecular flexibility index (Phi) is 17.8. The number of hydrogen-bond donors (Lipinski definition) is 9. The second kappa shape index (κ2) is 10.8. The van der Waals surface area contributed by atoms with E-state index in [1.807, 2.05) is 0 Å². The summed E-state index contributed by atoms with van der Waals surface area (Å²) in [5.41, 5.74) is 0. The van der Waals surface area contributed by atoms with Gasteiger partial charge in [-0.05, 0) is 0 Å². The molecule has 0 fully saturated rings. The molecule has 100 valence electrons. The third-order valence-corrected chi connectivity index (χ3v) is 0. The van der Waals surface area contributed by atoms with Gasteiger partial charge in [-0.25, -0.2) is 13.7 Å². The Balaban J connectivity index is -0.0000000655. The van der Waals surface area contributed by atoms with E-state index in [9.17, 15) is 0 Å². The van der Waals surface area contributed by atoms with Gasteiger partial charge in [-0.1, -0.05) is 0 Å². The molecule has 0 aromatic rings. The van der Waals surface area contributed by atoms with Crippen molar-refractivity contribution in [3.63, 3.8) is 0 Å². The van der Waals surface area contributed by atoms with E-state index in [0.717, 1.165) is 0 Å². The molecule has 0 saturated carbocycles. The van der Waals surface area contributed by atoms with Crippen molar-refractivity contribution in [2.45, 2.75) is 0 Å². The minimum absolute atomic E-state index is 0. The summed E-state index contributed by atoms with van der Waals surface area (Å²) in [6.45, 7) is 0. The van der Waals surface area contributed by atoms with E-state index >= 15 is 0 Å². The molecule has 0 amide bonds. The molecular weight excluding hydrogens is 422 g/mol. The third-order valence-electron chi connectivity index (χ3n) is 0. The van der Waals surface area contributed by atoms with Crippen molar-refractivity contribution in [3.05, 3.63) is 0 Å². The molecule has 0 rings (SSSR count). The van der Waals surface area contributed by atoms with Crippen molar-refractivity contribution in [2.75, 3.05) is 0 Å². The van der Waals surface area contributed by atoms with Crippen molar-refractivity contribution in [1.29, 1.82) is 0 Å². The summed E-state index contributed by atoms with van der Waals surface area (Å²) in [7, 11) is -13.9. The number of phosphoric acid groups is 3. The molecule has 16 heteroatoms. The molecule has 0 heterocycles. The molecule has 16 heavy (non-hydrogen) atoms. The van der Waals surface area contributed by atoms with Crippen LogP contribution in [0.25, 0.3) is 0 Å². The minimum atomic E-state index is -4.64. The zero-order valence-electron chi connectivity index (χ0n) is 6.59. The Labute approximate surface area is 129 Å². The van der Waals surface area contributed by atoms with Crippen molar-refractivity contribution < 1.29 is 57.7 Å². The maximum atomic E-state index is 8.88. The first kappa shape index (κ1) is 26.5. The van der Waals surface area contributed by atoms with Crippen LogP contribution < -0.4 is 0 Å². The standard InChI is InChI=1S/Ba.3H3O4P.2H/c;3*1-5(2,3)4;;/h;3*(H3,1,2,3,4);;. The molecular formula is H11BaO12P3. The molecule has 0 saturated heterocycles. The van der Waals surface area contributed by atoms with Gasteiger partial charge in [0.1, 0.15) is 0 Å². The van der Waals surface area contributed by atoms with Gasteiger partial charge in [0.25, 0.3) is 0 Å².